The van der Waals surface area contributed by atoms with E-state index < -0.39 is 18.1 Å². The van der Waals surface area contributed by atoms with Gasteiger partial charge in [0.1, 0.15) is 18.2 Å². The summed E-state index contributed by atoms with van der Waals surface area (Å²) in [7, 11) is 4.98. The smallest absolute Gasteiger partial charge is 0.407 e. The van der Waals surface area contributed by atoms with Crippen molar-refractivity contribution in [2.24, 2.45) is 5.84 Å². The van der Waals surface area contributed by atoms with Crippen LogP contribution >= 0.6 is 24.2 Å². The summed E-state index contributed by atoms with van der Waals surface area (Å²) in [5.41, 5.74) is 4.51. The van der Waals surface area contributed by atoms with E-state index in [0.717, 1.165) is 35.0 Å². The Labute approximate surface area is 421 Å². The quantitative estimate of drug-likeness (QED) is 0.0310. The SMILES string of the molecule is C/C1=C\C=C\CC2CC(CC3OC3(C)CCC(=O)N(C)c3cc(cc(S)c3Cl)C1)OC(=O)N2.CCC[C@H](NC(=O)CCn1c(CN(C)N)cc2ccccc21)C(=O)NCCCC(=O)N(C)[C@@H](C)C(=O)O. The summed E-state index contributed by atoms with van der Waals surface area (Å²) in [5, 5.41) is 20.7. The Morgan fingerprint density at radius 3 is 2.57 bits per heavy atom. The Kier molecular flexibility index (Phi) is 20.3. The third-order valence-corrected chi connectivity index (χ3v) is 13.9. The van der Waals surface area contributed by atoms with Crippen molar-refractivity contribution in [3.8, 4) is 0 Å². The molecule has 0 radical (unpaired) electrons. The largest absolute Gasteiger partial charge is 0.480 e. The molecule has 17 nitrogen and oxygen atoms in total. The van der Waals surface area contributed by atoms with Gasteiger partial charge in [0.05, 0.1) is 29.0 Å². The number of hydrazine groups is 1. The number of carboxylic acids is 1. The molecule has 3 aliphatic rings. The summed E-state index contributed by atoms with van der Waals surface area (Å²) in [6.07, 6.45) is 11.2. The number of fused-ring (bicyclic) bond motifs is 6. The first kappa shape index (κ1) is 55.5. The minimum absolute atomic E-state index is 0.0219. The molecule has 5 amide bonds. The number of aromatic nitrogens is 1. The van der Waals surface area contributed by atoms with Crippen molar-refractivity contribution in [3.63, 3.8) is 0 Å². The van der Waals surface area contributed by atoms with E-state index >= 15 is 0 Å². The number of amides is 5. The third-order valence-electron chi connectivity index (χ3n) is 13.0. The number of ether oxygens (including phenoxy) is 2. The first-order chi connectivity index (χ1) is 33.2. The molecule has 3 aliphatic heterocycles. The number of hydrogen-bond acceptors (Lipinski definition) is 11. The lowest BCUT2D eigenvalue weighted by Gasteiger charge is -2.29. The molecule has 2 saturated heterocycles. The number of epoxide rings is 1. The molecule has 6 atom stereocenters. The van der Waals surface area contributed by atoms with Gasteiger partial charge in [0, 0.05) is 88.5 Å². The number of thiol groups is 1. The second kappa shape index (κ2) is 25.6. The minimum Gasteiger partial charge on any atom is -0.480 e. The third kappa shape index (κ3) is 15.8. The Balaban J connectivity index is 0.000000262. The van der Waals surface area contributed by atoms with Gasteiger partial charge in [-0.3, -0.25) is 25.0 Å². The molecule has 6 rings (SSSR count). The number of allylic oxidation sites excluding steroid dienone is 3. The Morgan fingerprint density at radius 1 is 1.11 bits per heavy atom. The normalized spacial score (nSPS) is 22.5. The van der Waals surface area contributed by atoms with Gasteiger partial charge in [-0.25, -0.2) is 14.6 Å². The van der Waals surface area contributed by atoms with Crippen LogP contribution in [0.25, 0.3) is 10.9 Å². The van der Waals surface area contributed by atoms with Crippen molar-refractivity contribution in [2.45, 2.75) is 152 Å². The lowest BCUT2D eigenvalue weighted by Crippen LogP contribution is -2.47. The molecule has 2 fully saturated rings. The van der Waals surface area contributed by atoms with Crippen molar-refractivity contribution >= 4 is 76.5 Å². The summed E-state index contributed by atoms with van der Waals surface area (Å²) in [4.78, 5) is 77.1. The lowest BCUT2D eigenvalue weighted by molar-refractivity contribution is -0.148. The maximum atomic E-state index is 13.0. The van der Waals surface area contributed by atoms with Crippen LogP contribution in [0.2, 0.25) is 5.02 Å². The van der Waals surface area contributed by atoms with Crippen LogP contribution in [0, 0.1) is 0 Å². The van der Waals surface area contributed by atoms with Crippen LogP contribution in [0.3, 0.4) is 0 Å². The first-order valence-corrected chi connectivity index (χ1v) is 24.9. The van der Waals surface area contributed by atoms with Gasteiger partial charge in [0.25, 0.3) is 0 Å². The number of para-hydroxylation sites is 1. The highest BCUT2D eigenvalue weighted by Crippen LogP contribution is 2.44. The van der Waals surface area contributed by atoms with Crippen LogP contribution in [0.5, 0.6) is 0 Å². The van der Waals surface area contributed by atoms with Crippen LogP contribution < -0.4 is 26.7 Å². The summed E-state index contributed by atoms with van der Waals surface area (Å²) in [6.45, 7) is 8.69. The molecule has 70 heavy (non-hydrogen) atoms. The highest BCUT2D eigenvalue weighted by Gasteiger charge is 2.53. The number of carbonyl (C=O) groups is 6. The Hall–Kier alpha value is -5.40. The van der Waals surface area contributed by atoms with Gasteiger partial charge in [-0.15, -0.1) is 12.6 Å². The number of aryl methyl sites for hydroxylation is 1. The highest BCUT2D eigenvalue weighted by atomic mass is 35.5. The number of rotatable bonds is 15. The fraction of sp³-hybridized carbons (Fsp3) is 0.529. The van der Waals surface area contributed by atoms with Crippen LogP contribution in [0.1, 0.15) is 103 Å². The van der Waals surface area contributed by atoms with Gasteiger partial charge in [-0.1, -0.05) is 66.9 Å². The summed E-state index contributed by atoms with van der Waals surface area (Å²) in [6, 6.07) is 12.4. The summed E-state index contributed by atoms with van der Waals surface area (Å²) < 4.78 is 13.5. The van der Waals surface area contributed by atoms with Crippen molar-refractivity contribution < 1.29 is 43.3 Å². The van der Waals surface area contributed by atoms with E-state index in [0.29, 0.717) is 73.6 Å². The number of carbonyl (C=O) groups excluding carboxylic acids is 5. The zero-order valence-corrected chi connectivity index (χ0v) is 43.1. The number of alkyl carbamates (subject to hydrolysis) is 1. The fourth-order valence-electron chi connectivity index (χ4n) is 8.72. The number of aliphatic carboxylic acids is 1. The van der Waals surface area contributed by atoms with E-state index in [4.69, 9.17) is 32.0 Å². The number of nitrogens with zero attached hydrogens (tertiary/aromatic N) is 4. The lowest BCUT2D eigenvalue weighted by atomic mass is 9.94. The van der Waals surface area contributed by atoms with Crippen molar-refractivity contribution in [3.05, 3.63) is 82.5 Å². The van der Waals surface area contributed by atoms with Gasteiger partial charge in [0.15, 0.2) is 0 Å². The molecule has 4 heterocycles. The highest BCUT2D eigenvalue weighted by molar-refractivity contribution is 7.80. The molecule has 19 heteroatoms. The van der Waals surface area contributed by atoms with E-state index in [1.807, 2.05) is 56.3 Å². The van der Waals surface area contributed by atoms with Gasteiger partial charge < -0.3 is 44.9 Å². The van der Waals surface area contributed by atoms with Gasteiger partial charge in [0.2, 0.25) is 23.6 Å². The zero-order chi connectivity index (χ0) is 51.3. The number of carboxylic acid groups (broad SMARTS) is 1. The van der Waals surface area contributed by atoms with Crippen molar-refractivity contribution in [2.75, 3.05) is 32.6 Å². The van der Waals surface area contributed by atoms with Crippen LogP contribution in [-0.2, 0) is 53.0 Å². The first-order valence-electron chi connectivity index (χ1n) is 24.0. The number of hydrogen-bond donors (Lipinski definition) is 6. The predicted molar refractivity (Wildman–Crippen MR) is 273 cm³/mol. The van der Waals surface area contributed by atoms with Gasteiger partial charge >= 0.3 is 12.1 Å². The second-order valence-corrected chi connectivity index (χ2v) is 19.7. The average molecular weight is 1010 g/mol. The maximum absolute atomic E-state index is 13.0. The minimum atomic E-state index is -1.07. The molecular formula is C51H71ClN8O9S. The predicted octanol–water partition coefficient (Wildman–Crippen LogP) is 6.68. The number of nitrogens with one attached hydrogen (secondary N) is 3. The molecule has 382 valence electrons. The van der Waals surface area contributed by atoms with Crippen LogP contribution in [0.4, 0.5) is 10.5 Å². The van der Waals surface area contributed by atoms with Crippen molar-refractivity contribution in [1.29, 1.82) is 0 Å². The van der Waals surface area contributed by atoms with E-state index in [2.05, 4.69) is 58.3 Å². The summed E-state index contributed by atoms with van der Waals surface area (Å²) in [5.74, 6) is 3.93. The molecule has 4 unspecified atom stereocenters. The molecule has 1 aromatic heterocycles. The van der Waals surface area contributed by atoms with Gasteiger partial charge in [-0.2, -0.15) is 0 Å². The molecule has 2 aromatic carbocycles. The molecule has 3 aromatic rings. The molecule has 6 N–H and O–H groups in total. The van der Waals surface area contributed by atoms with Crippen molar-refractivity contribution in [1.82, 2.24) is 30.4 Å². The number of halogens is 1. The van der Waals surface area contributed by atoms with E-state index in [-0.39, 0.29) is 73.0 Å². The van der Waals surface area contributed by atoms with E-state index in [1.165, 1.54) is 24.4 Å². The van der Waals surface area contributed by atoms with Crippen LogP contribution in [-0.4, -0.2) is 119 Å². The monoisotopic (exact) mass is 1010 g/mol. The van der Waals surface area contributed by atoms with Gasteiger partial charge in [-0.05, 0) is 88.1 Å². The number of nitrogens with two attached hydrogens (primary N) is 1. The fourth-order valence-corrected chi connectivity index (χ4v) is 9.24. The van der Waals surface area contributed by atoms with Crippen LogP contribution in [0.15, 0.2) is 71.2 Å². The molecule has 0 aliphatic carbocycles. The number of benzene rings is 2. The number of anilines is 1. The average Bonchev–Trinajstić information content (AvgIpc) is 3.81. The van der Waals surface area contributed by atoms with E-state index in [1.54, 1.807) is 24.0 Å². The van der Waals surface area contributed by atoms with E-state index in [9.17, 15) is 28.8 Å². The molecule has 0 spiro atoms. The summed E-state index contributed by atoms with van der Waals surface area (Å²) >= 11 is 11.0. The second-order valence-electron chi connectivity index (χ2n) is 18.8. The molecule has 4 bridgehead atoms. The number of likely N-dealkylation sites (N-methyl/N-ethyl adjacent to an activating group) is 1. The standard InChI is InChI=1S/C26H40N6O5.C25H31ClN2O4S/c1-5-9-21(25(35)28-14-8-12-24(34)31(4)18(2)26(36)37)29-23(33)13-15-32-20(17-30(3)27)16-19-10-6-7-11-22(19)32;1-15-6-4-5-7-17-13-18(31-24(30)27-17)14-21-25(2,32-21)9-8-22(29)28(3)19-11-16(10-15)12-20(33)23(19)26/h6-7,10-11,16,18,21H,5,8-9,12-15,17,27H2,1-4H3,(H,28,35)(H,29,33)(H,36,37);4-6,11-12,17-18,21,33H,7-10,13-14H2,1-3H3,(H,27,30)/b;5-4+,15-6+/t18-,21-;/m0./s1. The molecule has 0 saturated carbocycles. The Morgan fingerprint density at radius 2 is 1.86 bits per heavy atom. The topological polar surface area (TPSA) is 221 Å². The zero-order valence-electron chi connectivity index (χ0n) is 41.5. The molecular weight excluding hydrogens is 936 g/mol. The maximum Gasteiger partial charge on any atom is 0.407 e. The Bertz CT molecular complexity index is 2430.